The van der Waals surface area contributed by atoms with Crippen molar-refractivity contribution >= 4 is 23.1 Å². The van der Waals surface area contributed by atoms with Crippen LogP contribution in [0.5, 0.6) is 0 Å². The molecule has 0 N–H and O–H groups in total. The van der Waals surface area contributed by atoms with Crippen molar-refractivity contribution in [2.75, 3.05) is 26.4 Å². The number of ether oxygens (including phenoxy) is 4. The van der Waals surface area contributed by atoms with Crippen LogP contribution in [0.2, 0.25) is 0 Å². The fourth-order valence-corrected chi connectivity index (χ4v) is 20.0. The lowest BCUT2D eigenvalue weighted by molar-refractivity contribution is -0.180. The molecule has 0 aromatic heterocycles. The van der Waals surface area contributed by atoms with E-state index in [1.54, 1.807) is 0 Å². The summed E-state index contributed by atoms with van der Waals surface area (Å²) < 4.78 is 24.7. The molecule has 0 unspecified atom stereocenters. The zero-order valence-electron chi connectivity index (χ0n) is 53.5. The minimum Gasteiger partial charge on any atom is -0.378 e. The highest BCUT2D eigenvalue weighted by atomic mass is 16.5. The van der Waals surface area contributed by atoms with Crippen LogP contribution in [-0.4, -0.2) is 74.0 Å². The van der Waals surface area contributed by atoms with Gasteiger partial charge in [0.05, 0.1) is 46.1 Å². The van der Waals surface area contributed by atoms with E-state index in [9.17, 15) is 19.2 Å². The van der Waals surface area contributed by atoms with Gasteiger partial charge >= 0.3 is 0 Å². The zero-order valence-corrected chi connectivity index (χ0v) is 53.5. The highest BCUT2D eigenvalue weighted by Crippen LogP contribution is 2.65. The van der Waals surface area contributed by atoms with Gasteiger partial charge in [-0.3, -0.25) is 19.2 Å². The molecule has 0 aromatic rings. The third-order valence-corrected chi connectivity index (χ3v) is 25.5. The molecule has 82 heavy (non-hydrogen) atoms. The van der Waals surface area contributed by atoms with E-state index in [-0.39, 0.29) is 0 Å². The summed E-state index contributed by atoms with van der Waals surface area (Å²) in [6.45, 7) is 12.7. The Morgan fingerprint density at radius 1 is 0.244 bits per heavy atom. The number of Topliss-reactive ketones (excluding diaryl/α,β-unsaturated/α-hetero) is 4. The Kier molecular flexibility index (Phi) is 25.1. The maximum atomic E-state index is 13.9. The zero-order chi connectivity index (χ0) is 57.4. The van der Waals surface area contributed by atoms with Crippen molar-refractivity contribution in [2.45, 2.75) is 347 Å². The summed E-state index contributed by atoms with van der Waals surface area (Å²) in [7, 11) is 0. The summed E-state index contributed by atoms with van der Waals surface area (Å²) in [6, 6.07) is 0. The molecule has 10 fully saturated rings. The number of hydrogen-bond donors (Lipinski definition) is 0. The Morgan fingerprint density at radius 2 is 0.415 bits per heavy atom. The second-order valence-corrected chi connectivity index (χ2v) is 30.2. The van der Waals surface area contributed by atoms with Gasteiger partial charge in [-0.05, 0) is 278 Å². The molecule has 0 atom stereocenters. The highest BCUT2D eigenvalue weighted by Gasteiger charge is 2.72. The molecule has 0 amide bonds. The summed E-state index contributed by atoms with van der Waals surface area (Å²) >= 11 is 0. The van der Waals surface area contributed by atoms with Gasteiger partial charge in [0.25, 0.3) is 0 Å². The monoisotopic (exact) mass is 1140 g/mol. The van der Waals surface area contributed by atoms with E-state index in [4.69, 9.17) is 18.9 Å². The van der Waals surface area contributed by atoms with E-state index in [0.717, 1.165) is 153 Å². The van der Waals surface area contributed by atoms with Crippen molar-refractivity contribution in [3.05, 3.63) is 0 Å². The Balaban J connectivity index is 0.000000198. The Hall–Kier alpha value is -1.48. The molecule has 8 nitrogen and oxygen atoms in total. The molecule has 0 bridgehead atoms. The summed E-state index contributed by atoms with van der Waals surface area (Å²) in [5.41, 5.74) is -2.35. The average Bonchev–Trinajstić information content (AvgIpc) is 1.10. The van der Waals surface area contributed by atoms with Crippen LogP contribution in [0.15, 0.2) is 0 Å². The number of ketones is 4. The van der Waals surface area contributed by atoms with Gasteiger partial charge in [-0.2, -0.15) is 0 Å². The van der Waals surface area contributed by atoms with Crippen LogP contribution < -0.4 is 0 Å². The Bertz CT molecular complexity index is 1740. The summed E-state index contributed by atoms with van der Waals surface area (Å²) in [6.07, 6.45) is 54.8. The predicted octanol–water partition coefficient (Wildman–Crippen LogP) is 18.8. The molecule has 10 rings (SSSR count). The first-order valence-electron chi connectivity index (χ1n) is 36.7. The van der Waals surface area contributed by atoms with Crippen molar-refractivity contribution in [2.24, 2.45) is 69.0 Å². The van der Waals surface area contributed by atoms with E-state index in [2.05, 4.69) is 27.7 Å². The van der Waals surface area contributed by atoms with Crippen molar-refractivity contribution in [3.63, 3.8) is 0 Å². The number of carbonyl (C=O) groups excluding carboxylic acids is 4. The van der Waals surface area contributed by atoms with Gasteiger partial charge in [0.15, 0.2) is 23.1 Å². The van der Waals surface area contributed by atoms with Crippen LogP contribution in [0.4, 0.5) is 0 Å². The van der Waals surface area contributed by atoms with Crippen LogP contribution in [0.3, 0.4) is 0 Å². The molecular formula is C74H124O8. The Labute approximate surface area is 501 Å². The van der Waals surface area contributed by atoms with Gasteiger partial charge in [0.1, 0.15) is 0 Å². The maximum absolute atomic E-state index is 13.9. The van der Waals surface area contributed by atoms with Crippen LogP contribution in [0.25, 0.3) is 0 Å². The molecule has 0 heterocycles. The molecule has 4 spiro atoms. The minimum atomic E-state index is -0.589. The highest BCUT2D eigenvalue weighted by molar-refractivity contribution is 6.31. The third-order valence-electron chi connectivity index (χ3n) is 25.5. The Morgan fingerprint density at radius 3 is 0.610 bits per heavy atom. The van der Waals surface area contributed by atoms with Gasteiger partial charge in [-0.1, -0.05) is 91.9 Å². The molecule has 0 saturated heterocycles. The van der Waals surface area contributed by atoms with Gasteiger partial charge in [-0.25, -0.2) is 0 Å². The van der Waals surface area contributed by atoms with E-state index in [1.165, 1.54) is 193 Å². The van der Waals surface area contributed by atoms with E-state index >= 15 is 0 Å². The van der Waals surface area contributed by atoms with Crippen molar-refractivity contribution in [1.29, 1.82) is 0 Å². The first-order valence-corrected chi connectivity index (χ1v) is 36.7. The molecule has 0 radical (unpaired) electrons. The first-order chi connectivity index (χ1) is 40.0. The number of carbonyl (C=O) groups is 4. The summed E-state index contributed by atoms with van der Waals surface area (Å²) in [5, 5.41) is 0. The molecule has 0 aromatic carbocycles. The lowest BCUT2D eigenvalue weighted by Gasteiger charge is -2.58. The van der Waals surface area contributed by atoms with E-state index < -0.39 is 21.7 Å². The van der Waals surface area contributed by atoms with Crippen molar-refractivity contribution in [3.8, 4) is 0 Å². The second kappa shape index (κ2) is 31.6. The van der Waals surface area contributed by atoms with Crippen molar-refractivity contribution < 1.29 is 38.1 Å². The largest absolute Gasteiger partial charge is 0.378 e. The molecule has 0 aliphatic heterocycles. The molecule has 10 saturated carbocycles. The summed E-state index contributed by atoms with van der Waals surface area (Å²) in [4.78, 5) is 55.3. The number of unbranched alkanes of at least 4 members (excludes halogenated alkanes) is 10. The van der Waals surface area contributed by atoms with Crippen LogP contribution in [-0.2, 0) is 38.1 Å². The third kappa shape index (κ3) is 15.1. The average molecular weight is 1140 g/mol. The van der Waals surface area contributed by atoms with Crippen LogP contribution in [0, 0.1) is 69.0 Å². The maximum Gasteiger partial charge on any atom is 0.159 e. The van der Waals surface area contributed by atoms with E-state index in [1.807, 2.05) is 0 Å². The lowest BCUT2D eigenvalue weighted by atomic mass is 9.41. The minimum absolute atomic E-state index is 0.371. The fourth-order valence-electron chi connectivity index (χ4n) is 20.0. The fraction of sp³-hybridized carbons (Fsp3) is 0.946. The van der Waals surface area contributed by atoms with Gasteiger partial charge < -0.3 is 18.9 Å². The topological polar surface area (TPSA) is 105 Å². The quantitative estimate of drug-likeness (QED) is 0.0623. The van der Waals surface area contributed by atoms with Gasteiger partial charge in [-0.15, -0.1) is 0 Å². The molecule has 10 aliphatic carbocycles. The second-order valence-electron chi connectivity index (χ2n) is 30.2. The smallest absolute Gasteiger partial charge is 0.159 e. The molecule has 8 heteroatoms. The SMILES string of the molecule is CCCCCCOC1CCC(C2CCC3(CC2)C(=O)C2(CCC(C4CCC(OCCCCCC)CC4)CC2)C3=O)CC1.CCCCCOC1CCC([C@H]2CCC3(CC2)C(=O)C2(CC[C@H]([C@H]4CC[C@H](OCCCCC)CC4)CC2)C3=O)CC1. The molecule has 468 valence electrons. The van der Waals surface area contributed by atoms with Crippen LogP contribution in [0.1, 0.15) is 323 Å². The standard InChI is InChI=1S/C38H64O4.C36H60O4/c1-3-5-7-9-27-41-33-15-11-29(12-16-33)31-19-23-37(24-20-31)35(39)38(36(37)40)25-21-32(22-26-38)30-13-17-34(18-14-30)42-28-10-8-6-4-2;1-3-5-7-25-39-31-13-9-27(10-14-31)29-17-21-35(22-18-29)33(37)36(34(35)38)23-19-30(20-24-36)28-11-15-32(16-12-28)40-26-8-6-4-2/h29-34H,3-28H2,1-2H3;27-32H,3-26H2,1-2H3/t;27-,28?,29-,30-,31-,32?,35?,36?. The van der Waals surface area contributed by atoms with E-state index in [0.29, 0.717) is 71.2 Å². The van der Waals surface area contributed by atoms with Crippen LogP contribution >= 0.6 is 0 Å². The number of rotatable bonds is 26. The normalized spacial score (nSPS) is 39.8. The van der Waals surface area contributed by atoms with Gasteiger partial charge in [0.2, 0.25) is 0 Å². The van der Waals surface area contributed by atoms with Crippen molar-refractivity contribution in [1.82, 2.24) is 0 Å². The summed E-state index contributed by atoms with van der Waals surface area (Å²) in [5.74, 6) is 7.44. The van der Waals surface area contributed by atoms with Gasteiger partial charge in [0, 0.05) is 26.4 Å². The first kappa shape index (κ1) is 65.0. The molecular weight excluding hydrogens is 1020 g/mol. The molecule has 10 aliphatic rings. The number of hydrogen-bond acceptors (Lipinski definition) is 8. The predicted molar refractivity (Wildman–Crippen MR) is 332 cm³/mol. The lowest BCUT2D eigenvalue weighted by Crippen LogP contribution is -2.68.